The van der Waals surface area contributed by atoms with Crippen molar-refractivity contribution in [1.29, 1.82) is 0 Å². The molecule has 2 aliphatic carbocycles. The predicted octanol–water partition coefficient (Wildman–Crippen LogP) is 3.15. The number of hydrogen-bond donors (Lipinski definition) is 3. The summed E-state index contributed by atoms with van der Waals surface area (Å²) in [4.78, 5) is 24.2. The summed E-state index contributed by atoms with van der Waals surface area (Å²) in [6.45, 7) is 1.98. The summed E-state index contributed by atoms with van der Waals surface area (Å²) in [5, 5.41) is 6.02. The summed E-state index contributed by atoms with van der Waals surface area (Å²) in [7, 11) is 0. The molecule has 0 saturated heterocycles. The van der Waals surface area contributed by atoms with Crippen molar-refractivity contribution < 1.29 is 9.59 Å². The zero-order valence-corrected chi connectivity index (χ0v) is 15.5. The maximum absolute atomic E-state index is 12.4. The third-order valence-corrected chi connectivity index (χ3v) is 5.07. The van der Waals surface area contributed by atoms with Crippen molar-refractivity contribution in [3.05, 3.63) is 29.8 Å². The lowest BCUT2D eigenvalue weighted by atomic mass is 9.85. The van der Waals surface area contributed by atoms with Gasteiger partial charge in [-0.25, -0.2) is 0 Å². The molecule has 3 unspecified atom stereocenters. The largest absolute Gasteiger partial charge is 0.349 e. The van der Waals surface area contributed by atoms with Gasteiger partial charge in [-0.05, 0) is 56.7 Å². The van der Waals surface area contributed by atoms with Crippen molar-refractivity contribution in [2.24, 2.45) is 17.6 Å². The normalized spacial score (nSPS) is 23.9. The van der Waals surface area contributed by atoms with Crippen LogP contribution < -0.4 is 16.4 Å². The predicted molar refractivity (Wildman–Crippen MR) is 102 cm³/mol. The van der Waals surface area contributed by atoms with Gasteiger partial charge in [0.15, 0.2) is 0 Å². The Kier molecular flexibility index (Phi) is 6.85. The van der Waals surface area contributed by atoms with Crippen LogP contribution >= 0.6 is 12.4 Å². The molecule has 0 radical (unpaired) electrons. The number of halogens is 1. The summed E-state index contributed by atoms with van der Waals surface area (Å²) in [5.74, 6) is 0.444. The lowest BCUT2D eigenvalue weighted by molar-refractivity contribution is -0.126. The minimum Gasteiger partial charge on any atom is -0.349 e. The van der Waals surface area contributed by atoms with Crippen molar-refractivity contribution in [2.75, 3.05) is 5.32 Å². The van der Waals surface area contributed by atoms with Crippen LogP contribution in [-0.4, -0.2) is 17.9 Å². The summed E-state index contributed by atoms with van der Waals surface area (Å²) >= 11 is 0. The Morgan fingerprint density at radius 3 is 2.32 bits per heavy atom. The zero-order chi connectivity index (χ0) is 17.1. The van der Waals surface area contributed by atoms with E-state index in [9.17, 15) is 9.59 Å². The van der Waals surface area contributed by atoms with E-state index in [4.69, 9.17) is 5.73 Å². The Bertz CT molecular complexity index is 601. The maximum Gasteiger partial charge on any atom is 0.227 e. The monoisotopic (exact) mass is 365 g/mol. The molecule has 3 atom stereocenters. The quantitative estimate of drug-likeness (QED) is 0.749. The van der Waals surface area contributed by atoms with Crippen LogP contribution in [0.3, 0.4) is 0 Å². The van der Waals surface area contributed by atoms with E-state index in [-0.39, 0.29) is 48.1 Å². The molecule has 3 rings (SSSR count). The minimum absolute atomic E-state index is 0. The minimum atomic E-state index is -0.0520. The van der Waals surface area contributed by atoms with E-state index in [1.54, 1.807) is 0 Å². The van der Waals surface area contributed by atoms with Gasteiger partial charge < -0.3 is 16.4 Å². The highest BCUT2D eigenvalue weighted by molar-refractivity contribution is 5.94. The summed E-state index contributed by atoms with van der Waals surface area (Å²) in [5.41, 5.74) is 7.82. The van der Waals surface area contributed by atoms with Crippen molar-refractivity contribution in [1.82, 2.24) is 5.32 Å². The van der Waals surface area contributed by atoms with Crippen molar-refractivity contribution >= 4 is 29.9 Å². The van der Waals surface area contributed by atoms with Gasteiger partial charge in [-0.2, -0.15) is 0 Å². The van der Waals surface area contributed by atoms with E-state index in [0.717, 1.165) is 49.8 Å². The van der Waals surface area contributed by atoms with Gasteiger partial charge in [-0.15, -0.1) is 12.4 Å². The first-order valence-electron chi connectivity index (χ1n) is 8.99. The first-order valence-corrected chi connectivity index (χ1v) is 8.99. The van der Waals surface area contributed by atoms with E-state index in [0.29, 0.717) is 0 Å². The average molecular weight is 366 g/mol. The van der Waals surface area contributed by atoms with Gasteiger partial charge in [0.1, 0.15) is 0 Å². The third-order valence-electron chi connectivity index (χ3n) is 5.07. The Hall–Kier alpha value is -1.59. The molecule has 25 heavy (non-hydrogen) atoms. The van der Waals surface area contributed by atoms with Gasteiger partial charge in [0.25, 0.3) is 0 Å². The number of nitrogens with two attached hydrogens (primary N) is 1. The average Bonchev–Trinajstić information content (AvgIpc) is 3.40. The first kappa shape index (κ1) is 19.7. The molecule has 2 fully saturated rings. The molecule has 0 spiro atoms. The first-order chi connectivity index (χ1) is 11.5. The Labute approximate surface area is 155 Å². The van der Waals surface area contributed by atoms with E-state index >= 15 is 0 Å². The molecular formula is C19H28ClN3O2. The second-order valence-electron chi connectivity index (χ2n) is 7.24. The van der Waals surface area contributed by atoms with E-state index < -0.39 is 0 Å². The molecule has 0 aliphatic heterocycles. The number of benzene rings is 1. The lowest BCUT2D eigenvalue weighted by Gasteiger charge is -2.27. The highest BCUT2D eigenvalue weighted by Gasteiger charge is 2.29. The molecule has 0 aromatic heterocycles. The van der Waals surface area contributed by atoms with Crippen molar-refractivity contribution in [3.63, 3.8) is 0 Å². The Morgan fingerprint density at radius 2 is 1.72 bits per heavy atom. The number of carbonyl (C=O) groups is 2. The topological polar surface area (TPSA) is 84.2 Å². The standard InChI is InChI=1S/C19H27N3O2.ClH/c1-12(21-19(24)15-3-2-4-16(20)11-15)13-7-9-17(10-8-13)22-18(23)14-5-6-14;/h7-10,12,14-16H,2-6,11,20H2,1H3,(H,21,24)(H,22,23);1H. The van der Waals surface area contributed by atoms with Crippen LogP contribution in [0.2, 0.25) is 0 Å². The Balaban J connectivity index is 0.00000225. The summed E-state index contributed by atoms with van der Waals surface area (Å²) in [6, 6.07) is 7.81. The number of nitrogens with one attached hydrogen (secondary N) is 2. The van der Waals surface area contributed by atoms with E-state index in [1.807, 2.05) is 31.2 Å². The molecular weight excluding hydrogens is 338 g/mol. The molecule has 5 nitrogen and oxygen atoms in total. The summed E-state index contributed by atoms with van der Waals surface area (Å²) < 4.78 is 0. The molecule has 4 N–H and O–H groups in total. The maximum atomic E-state index is 12.4. The second kappa shape index (κ2) is 8.68. The highest BCUT2D eigenvalue weighted by Crippen LogP contribution is 2.30. The number of hydrogen-bond acceptors (Lipinski definition) is 3. The van der Waals surface area contributed by atoms with Crippen LogP contribution in [0.4, 0.5) is 5.69 Å². The van der Waals surface area contributed by atoms with Gasteiger partial charge in [-0.1, -0.05) is 18.6 Å². The molecule has 2 amide bonds. The van der Waals surface area contributed by atoms with Crippen LogP contribution in [0, 0.1) is 11.8 Å². The Morgan fingerprint density at radius 1 is 1.04 bits per heavy atom. The highest BCUT2D eigenvalue weighted by atomic mass is 35.5. The molecule has 0 bridgehead atoms. The smallest absolute Gasteiger partial charge is 0.227 e. The van der Waals surface area contributed by atoms with Crippen molar-refractivity contribution in [3.8, 4) is 0 Å². The fraction of sp³-hybridized carbons (Fsp3) is 0.579. The molecule has 2 saturated carbocycles. The molecule has 1 aromatic carbocycles. The number of carbonyl (C=O) groups excluding carboxylic acids is 2. The van der Waals surface area contributed by atoms with Crippen LogP contribution in [0.1, 0.15) is 57.1 Å². The zero-order valence-electron chi connectivity index (χ0n) is 14.7. The van der Waals surface area contributed by atoms with E-state index in [1.165, 1.54) is 0 Å². The second-order valence-corrected chi connectivity index (χ2v) is 7.24. The van der Waals surface area contributed by atoms with Crippen LogP contribution in [-0.2, 0) is 9.59 Å². The lowest BCUT2D eigenvalue weighted by Crippen LogP contribution is -2.38. The molecule has 2 aliphatic rings. The molecule has 1 aromatic rings. The van der Waals surface area contributed by atoms with E-state index in [2.05, 4.69) is 10.6 Å². The molecule has 138 valence electrons. The van der Waals surface area contributed by atoms with Gasteiger partial charge in [0, 0.05) is 23.6 Å². The fourth-order valence-corrected chi connectivity index (χ4v) is 3.33. The fourth-order valence-electron chi connectivity index (χ4n) is 3.33. The van der Waals surface area contributed by atoms with Crippen LogP contribution in [0.5, 0.6) is 0 Å². The SMILES string of the molecule is CC(NC(=O)C1CCCC(N)C1)c1ccc(NC(=O)C2CC2)cc1.Cl. The van der Waals surface area contributed by atoms with Gasteiger partial charge in [0.05, 0.1) is 6.04 Å². The number of anilines is 1. The molecule has 6 heteroatoms. The van der Waals surface area contributed by atoms with Crippen LogP contribution in [0.15, 0.2) is 24.3 Å². The van der Waals surface area contributed by atoms with Crippen LogP contribution in [0.25, 0.3) is 0 Å². The van der Waals surface area contributed by atoms with Gasteiger partial charge in [-0.3, -0.25) is 9.59 Å². The summed E-state index contributed by atoms with van der Waals surface area (Å²) in [6.07, 6.45) is 5.76. The van der Waals surface area contributed by atoms with Crippen molar-refractivity contribution in [2.45, 2.75) is 57.5 Å². The third kappa shape index (κ3) is 5.44. The number of amides is 2. The molecule has 0 heterocycles. The number of rotatable bonds is 5. The van der Waals surface area contributed by atoms with Gasteiger partial charge >= 0.3 is 0 Å². The van der Waals surface area contributed by atoms with Gasteiger partial charge in [0.2, 0.25) is 11.8 Å².